The van der Waals surface area contributed by atoms with Crippen LogP contribution in [0.3, 0.4) is 0 Å². The van der Waals surface area contributed by atoms with Gasteiger partial charge in [0.15, 0.2) is 11.0 Å². The molecule has 0 fully saturated rings. The molecule has 2 nitrogen and oxygen atoms in total. The van der Waals surface area contributed by atoms with Gasteiger partial charge in [-0.05, 0) is 57.4 Å². The van der Waals surface area contributed by atoms with Crippen molar-refractivity contribution in [1.29, 1.82) is 0 Å². The topological polar surface area (TPSA) is 20.3 Å². The van der Waals surface area contributed by atoms with Gasteiger partial charge in [0.25, 0.3) is 0 Å². The zero-order chi connectivity index (χ0) is 18.5. The summed E-state index contributed by atoms with van der Waals surface area (Å²) in [5.74, 6) is 0. The minimum absolute atomic E-state index is 0.339. The maximum Gasteiger partial charge on any atom is 0.416 e. The predicted molar refractivity (Wildman–Crippen MR) is 101 cm³/mol. The Bertz CT molecular complexity index is 998. The van der Waals surface area contributed by atoms with E-state index in [2.05, 4.69) is 15.9 Å². The zero-order valence-corrected chi connectivity index (χ0v) is 16.3. The van der Waals surface area contributed by atoms with Crippen molar-refractivity contribution < 1.29 is 17.4 Å². The third-order valence-corrected chi connectivity index (χ3v) is 7.17. The van der Waals surface area contributed by atoms with Crippen LogP contribution in [0.1, 0.15) is 11.1 Å². The second kappa shape index (κ2) is 6.51. The lowest BCUT2D eigenvalue weighted by Gasteiger charge is -2.29. The van der Waals surface area contributed by atoms with Crippen LogP contribution in [0.2, 0.25) is 0 Å². The van der Waals surface area contributed by atoms with Crippen molar-refractivity contribution in [2.24, 2.45) is 0 Å². The van der Waals surface area contributed by atoms with Gasteiger partial charge in [0.05, 0.1) is 31.4 Å². The van der Waals surface area contributed by atoms with Gasteiger partial charge in [0.1, 0.15) is 0 Å². The van der Waals surface area contributed by atoms with Crippen LogP contribution < -0.4 is 4.31 Å². The molecule has 1 aliphatic rings. The van der Waals surface area contributed by atoms with E-state index in [1.807, 2.05) is 30.3 Å². The number of fused-ring (bicyclic) bond motifs is 3. The number of halogens is 4. The number of alkyl halides is 3. The first-order valence-corrected chi connectivity index (χ1v) is 10.3. The highest BCUT2D eigenvalue weighted by Gasteiger charge is 2.31. The van der Waals surface area contributed by atoms with E-state index in [0.717, 1.165) is 37.6 Å². The predicted octanol–water partition coefficient (Wildman–Crippen LogP) is 6.24. The number of hydrogen-bond donors (Lipinski definition) is 0. The molecule has 0 saturated heterocycles. The van der Waals surface area contributed by atoms with Gasteiger partial charge in [-0.15, -0.1) is 11.3 Å². The maximum absolute atomic E-state index is 13.1. The monoisotopic (exact) mass is 457 g/mol. The smallest absolute Gasteiger partial charge is 0.282 e. The van der Waals surface area contributed by atoms with E-state index in [1.54, 1.807) is 15.6 Å². The number of hydrogen-bond acceptors (Lipinski definition) is 2. The molecule has 2 heterocycles. The second-order valence-corrected chi connectivity index (χ2v) is 9.57. The number of rotatable bonds is 2. The summed E-state index contributed by atoms with van der Waals surface area (Å²) >= 11 is 5.02. The largest absolute Gasteiger partial charge is 0.416 e. The summed E-state index contributed by atoms with van der Waals surface area (Å²) in [6.45, 7) is 0.431. The molecule has 0 aliphatic carbocycles. The maximum atomic E-state index is 13.1. The standard InChI is InChI=1S/C18H11BrF3NOS2/c19-16-9-15-17(25-16)14-4-2-1-3-11(14)10-23(15)26(24)13-7-5-12(6-8-13)18(20,21)22/h1-9H,10H2. The Morgan fingerprint density at radius 2 is 1.77 bits per heavy atom. The third-order valence-electron chi connectivity index (χ3n) is 4.11. The molecule has 0 N–H and O–H groups in total. The number of anilines is 1. The van der Waals surface area contributed by atoms with Crippen LogP contribution in [-0.2, 0) is 23.7 Å². The summed E-state index contributed by atoms with van der Waals surface area (Å²) in [4.78, 5) is 1.34. The van der Waals surface area contributed by atoms with Gasteiger partial charge < -0.3 is 0 Å². The molecule has 1 aliphatic heterocycles. The van der Waals surface area contributed by atoms with Gasteiger partial charge in [-0.25, -0.2) is 4.21 Å². The van der Waals surface area contributed by atoms with Crippen LogP contribution in [0.5, 0.6) is 0 Å². The van der Waals surface area contributed by atoms with E-state index in [4.69, 9.17) is 0 Å². The van der Waals surface area contributed by atoms with Crippen LogP contribution >= 0.6 is 27.3 Å². The van der Waals surface area contributed by atoms with E-state index >= 15 is 0 Å². The Morgan fingerprint density at radius 3 is 2.46 bits per heavy atom. The molecule has 134 valence electrons. The van der Waals surface area contributed by atoms with Gasteiger partial charge in [-0.3, -0.25) is 4.31 Å². The lowest BCUT2D eigenvalue weighted by Crippen LogP contribution is -2.28. The number of nitrogens with zero attached hydrogens (tertiary/aromatic N) is 1. The van der Waals surface area contributed by atoms with Crippen LogP contribution in [0.25, 0.3) is 10.4 Å². The van der Waals surface area contributed by atoms with Crippen LogP contribution in [0.15, 0.2) is 63.3 Å². The molecule has 0 bridgehead atoms. The quantitative estimate of drug-likeness (QED) is 0.445. The van der Waals surface area contributed by atoms with Crippen molar-refractivity contribution in [3.05, 3.63) is 69.5 Å². The highest BCUT2D eigenvalue weighted by Crippen LogP contribution is 2.47. The third kappa shape index (κ3) is 3.10. The molecule has 26 heavy (non-hydrogen) atoms. The summed E-state index contributed by atoms with van der Waals surface area (Å²) in [6, 6.07) is 14.3. The molecular formula is C18H11BrF3NOS2. The van der Waals surface area contributed by atoms with E-state index in [0.29, 0.717) is 11.4 Å². The molecule has 0 amide bonds. The van der Waals surface area contributed by atoms with E-state index in [1.165, 1.54) is 12.1 Å². The normalized spacial score (nSPS) is 14.7. The highest BCUT2D eigenvalue weighted by molar-refractivity contribution is 9.11. The minimum Gasteiger partial charge on any atom is -0.282 e. The molecule has 2 aromatic carbocycles. The summed E-state index contributed by atoms with van der Waals surface area (Å²) in [5.41, 5.74) is 2.20. The summed E-state index contributed by atoms with van der Waals surface area (Å²) in [7, 11) is -1.61. The first-order chi connectivity index (χ1) is 12.3. The Morgan fingerprint density at radius 1 is 1.08 bits per heavy atom. The second-order valence-electron chi connectivity index (χ2n) is 5.73. The Balaban J connectivity index is 1.73. The van der Waals surface area contributed by atoms with E-state index < -0.39 is 22.7 Å². The Labute approximate surface area is 163 Å². The minimum atomic E-state index is -4.41. The van der Waals surface area contributed by atoms with Crippen molar-refractivity contribution in [2.75, 3.05) is 4.31 Å². The fourth-order valence-corrected chi connectivity index (χ4v) is 5.80. The molecule has 1 atom stereocenters. The fraction of sp³-hybridized carbons (Fsp3) is 0.111. The average Bonchev–Trinajstić information content (AvgIpc) is 3.01. The van der Waals surface area contributed by atoms with E-state index in [9.17, 15) is 17.4 Å². The lowest BCUT2D eigenvalue weighted by atomic mass is 10.0. The number of benzene rings is 2. The molecule has 0 spiro atoms. The molecule has 4 rings (SSSR count). The van der Waals surface area contributed by atoms with Crippen LogP contribution in [0, 0.1) is 0 Å². The highest BCUT2D eigenvalue weighted by atomic mass is 79.9. The first kappa shape index (κ1) is 17.8. The fourth-order valence-electron chi connectivity index (χ4n) is 2.89. The van der Waals surface area contributed by atoms with Crippen molar-refractivity contribution in [1.82, 2.24) is 0 Å². The van der Waals surface area contributed by atoms with Crippen molar-refractivity contribution >= 4 is 43.9 Å². The zero-order valence-electron chi connectivity index (χ0n) is 13.1. The van der Waals surface area contributed by atoms with Gasteiger partial charge in [0.2, 0.25) is 0 Å². The number of thiophene rings is 1. The van der Waals surface area contributed by atoms with Crippen LogP contribution in [0.4, 0.5) is 18.9 Å². The molecule has 0 saturated carbocycles. The SMILES string of the molecule is O=S(c1ccc(C(F)(F)F)cc1)N1Cc2ccccc2-c2sc(Br)cc21. The first-order valence-electron chi connectivity index (χ1n) is 7.59. The van der Waals surface area contributed by atoms with Crippen molar-refractivity contribution in [3.63, 3.8) is 0 Å². The molecule has 3 aromatic rings. The lowest BCUT2D eigenvalue weighted by molar-refractivity contribution is -0.137. The van der Waals surface area contributed by atoms with Gasteiger partial charge in [-0.1, -0.05) is 24.3 Å². The summed E-state index contributed by atoms with van der Waals surface area (Å²) in [6.07, 6.45) is -4.41. The Hall–Kier alpha value is -1.64. The molecule has 8 heteroatoms. The van der Waals surface area contributed by atoms with Gasteiger partial charge in [0, 0.05) is 0 Å². The van der Waals surface area contributed by atoms with Crippen LogP contribution in [-0.4, -0.2) is 4.21 Å². The molecule has 1 unspecified atom stereocenters. The van der Waals surface area contributed by atoms with E-state index in [-0.39, 0.29) is 0 Å². The molecule has 1 aromatic heterocycles. The van der Waals surface area contributed by atoms with Crippen molar-refractivity contribution in [2.45, 2.75) is 17.6 Å². The average molecular weight is 458 g/mol. The Kier molecular flexibility index (Phi) is 4.45. The van der Waals surface area contributed by atoms with Gasteiger partial charge in [-0.2, -0.15) is 13.2 Å². The molecular weight excluding hydrogens is 447 g/mol. The summed E-state index contributed by atoms with van der Waals surface area (Å²) in [5, 5.41) is 0. The van der Waals surface area contributed by atoms with Gasteiger partial charge >= 0.3 is 6.18 Å². The summed E-state index contributed by atoms with van der Waals surface area (Å²) < 4.78 is 54.0. The van der Waals surface area contributed by atoms with Crippen molar-refractivity contribution in [3.8, 4) is 10.4 Å². The molecule has 0 radical (unpaired) electrons.